The third kappa shape index (κ3) is 5.87. The van der Waals surface area contributed by atoms with Crippen molar-refractivity contribution < 1.29 is 4.39 Å². The molecule has 0 radical (unpaired) electrons. The number of rotatable bonds is 6. The standard InChI is InChI=1S/C12H19FN4/c1-9-2-4-10(5-3-9)6-16-7-11(13)8-17-12(14)15/h2-5,11,16H,6-8H2,1H3,(H4,14,15,17). The predicted octanol–water partition coefficient (Wildman–Crippen LogP) is 0.696. The molecule has 0 aromatic heterocycles. The largest absolute Gasteiger partial charge is 0.370 e. The Morgan fingerprint density at radius 1 is 1.35 bits per heavy atom. The molecule has 94 valence electrons. The van der Waals surface area contributed by atoms with Crippen molar-refractivity contribution in [1.82, 2.24) is 5.32 Å². The van der Waals surface area contributed by atoms with E-state index in [0.717, 1.165) is 5.56 Å². The summed E-state index contributed by atoms with van der Waals surface area (Å²) in [4.78, 5) is 3.62. The number of halogens is 1. The molecule has 0 aliphatic heterocycles. The number of aliphatic imine (C=N–C) groups is 1. The zero-order valence-corrected chi connectivity index (χ0v) is 9.99. The van der Waals surface area contributed by atoms with Crippen molar-refractivity contribution in [2.75, 3.05) is 13.1 Å². The van der Waals surface area contributed by atoms with Gasteiger partial charge in [0.25, 0.3) is 0 Å². The minimum Gasteiger partial charge on any atom is -0.370 e. The van der Waals surface area contributed by atoms with E-state index >= 15 is 0 Å². The molecule has 1 aromatic carbocycles. The summed E-state index contributed by atoms with van der Waals surface area (Å²) >= 11 is 0. The van der Waals surface area contributed by atoms with Gasteiger partial charge in [-0.1, -0.05) is 29.8 Å². The normalized spacial score (nSPS) is 12.1. The summed E-state index contributed by atoms with van der Waals surface area (Å²) < 4.78 is 13.2. The van der Waals surface area contributed by atoms with Gasteiger partial charge in [0.15, 0.2) is 5.96 Å². The number of benzene rings is 1. The smallest absolute Gasteiger partial charge is 0.186 e. The van der Waals surface area contributed by atoms with Gasteiger partial charge in [0.1, 0.15) is 6.17 Å². The lowest BCUT2D eigenvalue weighted by Crippen LogP contribution is -2.28. The second-order valence-corrected chi connectivity index (χ2v) is 3.98. The zero-order chi connectivity index (χ0) is 12.7. The average Bonchev–Trinajstić information content (AvgIpc) is 2.29. The molecular weight excluding hydrogens is 219 g/mol. The zero-order valence-electron chi connectivity index (χ0n) is 9.99. The molecule has 0 amide bonds. The molecule has 0 heterocycles. The second kappa shape index (κ2) is 6.85. The highest BCUT2D eigenvalue weighted by Crippen LogP contribution is 2.02. The molecule has 0 spiro atoms. The lowest BCUT2D eigenvalue weighted by molar-refractivity contribution is 0.327. The third-order valence-electron chi connectivity index (χ3n) is 2.29. The molecule has 1 aromatic rings. The van der Waals surface area contributed by atoms with Gasteiger partial charge < -0.3 is 16.8 Å². The van der Waals surface area contributed by atoms with Crippen LogP contribution in [0.1, 0.15) is 11.1 Å². The fraction of sp³-hybridized carbons (Fsp3) is 0.417. The van der Waals surface area contributed by atoms with Crippen LogP contribution in [0.3, 0.4) is 0 Å². The first-order valence-electron chi connectivity index (χ1n) is 5.53. The highest BCUT2D eigenvalue weighted by Gasteiger charge is 2.04. The lowest BCUT2D eigenvalue weighted by Gasteiger charge is -2.08. The van der Waals surface area contributed by atoms with Crippen molar-refractivity contribution in [2.24, 2.45) is 16.5 Å². The number of guanidine groups is 1. The van der Waals surface area contributed by atoms with E-state index in [4.69, 9.17) is 11.5 Å². The van der Waals surface area contributed by atoms with Crippen LogP contribution >= 0.6 is 0 Å². The summed E-state index contributed by atoms with van der Waals surface area (Å²) in [6.07, 6.45) is -1.07. The van der Waals surface area contributed by atoms with E-state index in [-0.39, 0.29) is 19.0 Å². The van der Waals surface area contributed by atoms with Crippen LogP contribution in [0.4, 0.5) is 4.39 Å². The summed E-state index contributed by atoms with van der Waals surface area (Å²) in [6, 6.07) is 8.10. The maximum Gasteiger partial charge on any atom is 0.186 e. The fourth-order valence-corrected chi connectivity index (χ4v) is 1.35. The molecule has 17 heavy (non-hydrogen) atoms. The number of hydrogen-bond acceptors (Lipinski definition) is 2. The summed E-state index contributed by atoms with van der Waals surface area (Å²) in [5.41, 5.74) is 12.6. The maximum absolute atomic E-state index is 13.2. The monoisotopic (exact) mass is 238 g/mol. The summed E-state index contributed by atoms with van der Waals surface area (Å²) in [5.74, 6) is -0.0776. The third-order valence-corrected chi connectivity index (χ3v) is 2.29. The van der Waals surface area contributed by atoms with Gasteiger partial charge in [0.05, 0.1) is 6.54 Å². The number of alkyl halides is 1. The van der Waals surface area contributed by atoms with Crippen LogP contribution in [-0.2, 0) is 6.54 Å². The second-order valence-electron chi connectivity index (χ2n) is 3.98. The van der Waals surface area contributed by atoms with Crippen molar-refractivity contribution in [1.29, 1.82) is 0 Å². The Morgan fingerprint density at radius 2 is 2.00 bits per heavy atom. The highest BCUT2D eigenvalue weighted by molar-refractivity contribution is 5.75. The summed E-state index contributed by atoms with van der Waals surface area (Å²) in [7, 11) is 0. The topological polar surface area (TPSA) is 76.4 Å². The number of hydrogen-bond donors (Lipinski definition) is 3. The molecular formula is C12H19FN4. The van der Waals surface area contributed by atoms with Crippen molar-refractivity contribution in [3.8, 4) is 0 Å². The van der Waals surface area contributed by atoms with E-state index in [2.05, 4.69) is 10.3 Å². The Labute approximate surface area is 101 Å². The molecule has 4 nitrogen and oxygen atoms in total. The number of nitrogens with two attached hydrogens (primary N) is 2. The summed E-state index contributed by atoms with van der Waals surface area (Å²) in [5, 5.41) is 3.02. The fourth-order valence-electron chi connectivity index (χ4n) is 1.35. The Kier molecular flexibility index (Phi) is 5.42. The van der Waals surface area contributed by atoms with Crippen LogP contribution in [0, 0.1) is 6.92 Å². The van der Waals surface area contributed by atoms with Crippen molar-refractivity contribution in [2.45, 2.75) is 19.6 Å². The van der Waals surface area contributed by atoms with Crippen molar-refractivity contribution in [3.63, 3.8) is 0 Å². The quantitative estimate of drug-likeness (QED) is 0.504. The van der Waals surface area contributed by atoms with Gasteiger partial charge >= 0.3 is 0 Å². The molecule has 1 rings (SSSR count). The highest BCUT2D eigenvalue weighted by atomic mass is 19.1. The Bertz CT molecular complexity index is 357. The van der Waals surface area contributed by atoms with Crippen molar-refractivity contribution >= 4 is 5.96 Å². The van der Waals surface area contributed by atoms with Crippen LogP contribution in [0.5, 0.6) is 0 Å². The van der Waals surface area contributed by atoms with Gasteiger partial charge in [-0.05, 0) is 12.5 Å². The number of aryl methyl sites for hydroxylation is 1. The van der Waals surface area contributed by atoms with Gasteiger partial charge in [-0.2, -0.15) is 0 Å². The van der Waals surface area contributed by atoms with E-state index in [1.165, 1.54) is 5.56 Å². The molecule has 0 aliphatic rings. The van der Waals surface area contributed by atoms with Gasteiger partial charge in [0.2, 0.25) is 0 Å². The van der Waals surface area contributed by atoms with Gasteiger partial charge in [-0.3, -0.25) is 4.99 Å². The first kappa shape index (κ1) is 13.4. The lowest BCUT2D eigenvalue weighted by atomic mass is 10.1. The molecule has 5 heteroatoms. The molecule has 0 saturated carbocycles. The van der Waals surface area contributed by atoms with E-state index in [0.29, 0.717) is 6.54 Å². The van der Waals surface area contributed by atoms with E-state index < -0.39 is 6.17 Å². The van der Waals surface area contributed by atoms with E-state index in [1.54, 1.807) is 0 Å². The van der Waals surface area contributed by atoms with Crippen LogP contribution in [0.15, 0.2) is 29.3 Å². The van der Waals surface area contributed by atoms with Crippen LogP contribution < -0.4 is 16.8 Å². The molecule has 0 saturated heterocycles. The Morgan fingerprint density at radius 3 is 2.59 bits per heavy atom. The minimum atomic E-state index is -1.07. The molecule has 1 unspecified atom stereocenters. The molecule has 0 aliphatic carbocycles. The molecule has 1 atom stereocenters. The number of nitrogens with zero attached hydrogens (tertiary/aromatic N) is 1. The first-order chi connectivity index (χ1) is 8.08. The van der Waals surface area contributed by atoms with Crippen molar-refractivity contribution in [3.05, 3.63) is 35.4 Å². The first-order valence-corrected chi connectivity index (χ1v) is 5.53. The van der Waals surface area contributed by atoms with Gasteiger partial charge in [0, 0.05) is 13.1 Å². The predicted molar refractivity (Wildman–Crippen MR) is 68.5 cm³/mol. The minimum absolute atomic E-state index is 0.00321. The molecule has 0 bridgehead atoms. The van der Waals surface area contributed by atoms with E-state index in [1.807, 2.05) is 31.2 Å². The Hall–Kier alpha value is -1.62. The average molecular weight is 238 g/mol. The van der Waals surface area contributed by atoms with Crippen LogP contribution in [-0.4, -0.2) is 25.2 Å². The Balaban J connectivity index is 2.23. The van der Waals surface area contributed by atoms with Crippen LogP contribution in [0.25, 0.3) is 0 Å². The molecule has 5 N–H and O–H groups in total. The van der Waals surface area contributed by atoms with Gasteiger partial charge in [-0.15, -0.1) is 0 Å². The van der Waals surface area contributed by atoms with E-state index in [9.17, 15) is 4.39 Å². The number of nitrogens with one attached hydrogen (secondary N) is 1. The summed E-state index contributed by atoms with van der Waals surface area (Å²) in [6.45, 7) is 2.92. The van der Waals surface area contributed by atoms with Crippen LogP contribution in [0.2, 0.25) is 0 Å². The SMILES string of the molecule is Cc1ccc(CNCC(F)CN=C(N)N)cc1. The van der Waals surface area contributed by atoms with Gasteiger partial charge in [-0.25, -0.2) is 4.39 Å². The maximum atomic E-state index is 13.2. The molecule has 0 fully saturated rings.